The van der Waals surface area contributed by atoms with Crippen LogP contribution in [-0.4, -0.2) is 21.2 Å². The Hall–Kier alpha value is -2.21. The van der Waals surface area contributed by atoms with Gasteiger partial charge in [-0.2, -0.15) is 0 Å². The number of aromatic nitrogens is 2. The van der Waals surface area contributed by atoms with Crippen LogP contribution in [0.1, 0.15) is 37.6 Å². The van der Waals surface area contributed by atoms with Crippen LogP contribution >= 0.6 is 11.8 Å². The second kappa shape index (κ2) is 6.36. The number of nitrogens with one attached hydrogen (secondary N) is 1. The Morgan fingerprint density at radius 3 is 3.08 bits per heavy atom. The summed E-state index contributed by atoms with van der Waals surface area (Å²) in [6.07, 6.45) is 6.21. The lowest BCUT2D eigenvalue weighted by atomic mass is 10.2. The molecule has 1 aliphatic rings. The number of thioether (sulfide) groups is 1. The highest BCUT2D eigenvalue weighted by Gasteiger charge is 2.25. The predicted molar refractivity (Wildman–Crippen MR) is 94.0 cm³/mol. The third kappa shape index (κ3) is 3.19. The van der Waals surface area contributed by atoms with Gasteiger partial charge in [-0.25, -0.2) is 4.98 Å². The van der Waals surface area contributed by atoms with Crippen LogP contribution in [0.4, 0.5) is 0 Å². The van der Waals surface area contributed by atoms with Gasteiger partial charge in [0.2, 0.25) is 5.91 Å². The predicted octanol–water partition coefficient (Wildman–Crippen LogP) is 3.93. The maximum absolute atomic E-state index is 12.2. The van der Waals surface area contributed by atoms with Gasteiger partial charge in [-0.05, 0) is 31.9 Å². The summed E-state index contributed by atoms with van der Waals surface area (Å²) in [6, 6.07) is 10.3. The van der Waals surface area contributed by atoms with Gasteiger partial charge in [0.1, 0.15) is 11.3 Å². The molecule has 6 heteroatoms. The quantitative estimate of drug-likeness (QED) is 0.690. The lowest BCUT2D eigenvalue weighted by molar-refractivity contribution is -0.119. The third-order valence-corrected chi connectivity index (χ3v) is 5.14. The molecule has 2 heterocycles. The Morgan fingerprint density at radius 2 is 2.29 bits per heavy atom. The lowest BCUT2D eigenvalue weighted by Crippen LogP contribution is -2.28. The number of para-hydroxylation sites is 1. The smallest absolute Gasteiger partial charge is 0.231 e. The van der Waals surface area contributed by atoms with Gasteiger partial charge in [-0.15, -0.1) is 0 Å². The minimum Gasteiger partial charge on any atom is -0.459 e. The molecule has 3 aromatic rings. The maximum Gasteiger partial charge on any atom is 0.231 e. The Morgan fingerprint density at radius 1 is 1.46 bits per heavy atom. The van der Waals surface area contributed by atoms with E-state index < -0.39 is 0 Å². The Kier molecular flexibility index (Phi) is 4.06. The number of rotatable bonds is 6. The van der Waals surface area contributed by atoms with E-state index in [-0.39, 0.29) is 11.9 Å². The molecule has 1 N–H and O–H groups in total. The summed E-state index contributed by atoms with van der Waals surface area (Å²) >= 11 is 1.48. The van der Waals surface area contributed by atoms with Gasteiger partial charge in [-0.1, -0.05) is 30.0 Å². The molecule has 1 aromatic carbocycles. The molecule has 1 saturated carbocycles. The van der Waals surface area contributed by atoms with Gasteiger partial charge < -0.3 is 14.3 Å². The monoisotopic (exact) mass is 341 g/mol. The largest absolute Gasteiger partial charge is 0.459 e. The zero-order chi connectivity index (χ0) is 16.5. The number of hydrogen-bond acceptors (Lipinski definition) is 4. The maximum atomic E-state index is 12.2. The van der Waals surface area contributed by atoms with Gasteiger partial charge in [0, 0.05) is 23.8 Å². The molecule has 4 rings (SSSR count). The lowest BCUT2D eigenvalue weighted by Gasteiger charge is -2.11. The summed E-state index contributed by atoms with van der Waals surface area (Å²) in [7, 11) is 0. The molecule has 1 amide bonds. The molecule has 1 fully saturated rings. The standard InChI is InChI=1S/C18H19N3O2S/c1-12(16-10-13-4-2-3-5-15(13)23-16)20-17(22)11-24-18-19-8-9-21(18)14-6-7-14/h2-5,8-10,12,14H,6-7,11H2,1H3,(H,20,22). The van der Waals surface area contributed by atoms with Crippen molar-refractivity contribution in [2.45, 2.75) is 37.0 Å². The van der Waals surface area contributed by atoms with Crippen molar-refractivity contribution in [1.29, 1.82) is 0 Å². The second-order valence-electron chi connectivity index (χ2n) is 6.11. The number of hydrogen-bond donors (Lipinski definition) is 1. The van der Waals surface area contributed by atoms with E-state index in [0.717, 1.165) is 21.9 Å². The molecule has 1 aliphatic carbocycles. The van der Waals surface area contributed by atoms with E-state index in [1.807, 2.05) is 43.5 Å². The normalized spacial score (nSPS) is 15.5. The Balaban J connectivity index is 1.35. The number of amides is 1. The van der Waals surface area contributed by atoms with Crippen molar-refractivity contribution >= 4 is 28.6 Å². The number of imidazole rings is 1. The van der Waals surface area contributed by atoms with Crippen LogP contribution in [-0.2, 0) is 4.79 Å². The van der Waals surface area contributed by atoms with E-state index in [1.165, 1.54) is 24.6 Å². The molecule has 1 atom stereocenters. The van der Waals surface area contributed by atoms with E-state index in [1.54, 1.807) is 6.20 Å². The van der Waals surface area contributed by atoms with Gasteiger partial charge in [0.25, 0.3) is 0 Å². The third-order valence-electron chi connectivity index (χ3n) is 4.15. The van der Waals surface area contributed by atoms with Crippen LogP contribution in [0.3, 0.4) is 0 Å². The first kappa shape index (κ1) is 15.3. The molecule has 2 aromatic heterocycles. The molecule has 24 heavy (non-hydrogen) atoms. The summed E-state index contributed by atoms with van der Waals surface area (Å²) < 4.78 is 7.97. The minimum atomic E-state index is -0.159. The number of nitrogens with zero attached hydrogens (tertiary/aromatic N) is 2. The van der Waals surface area contributed by atoms with E-state index in [9.17, 15) is 4.79 Å². The van der Waals surface area contributed by atoms with Crippen LogP contribution in [0.25, 0.3) is 11.0 Å². The van der Waals surface area contributed by atoms with Crippen molar-refractivity contribution in [2.75, 3.05) is 5.75 Å². The first-order chi connectivity index (χ1) is 11.7. The van der Waals surface area contributed by atoms with Crippen LogP contribution in [0.2, 0.25) is 0 Å². The molecule has 0 bridgehead atoms. The summed E-state index contributed by atoms with van der Waals surface area (Å²) in [5.74, 6) is 1.11. The fourth-order valence-electron chi connectivity index (χ4n) is 2.74. The highest BCUT2D eigenvalue weighted by atomic mass is 32.2. The average molecular weight is 341 g/mol. The van der Waals surface area contributed by atoms with Crippen LogP contribution in [0.15, 0.2) is 52.3 Å². The summed E-state index contributed by atoms with van der Waals surface area (Å²) in [5, 5.41) is 4.96. The molecule has 0 spiro atoms. The van der Waals surface area contributed by atoms with Gasteiger partial charge in [0.15, 0.2) is 5.16 Å². The first-order valence-corrected chi connectivity index (χ1v) is 9.13. The second-order valence-corrected chi connectivity index (χ2v) is 7.06. The molecular weight excluding hydrogens is 322 g/mol. The SMILES string of the molecule is CC(NC(=O)CSc1nccn1C1CC1)c1cc2ccccc2o1. The molecule has 124 valence electrons. The highest BCUT2D eigenvalue weighted by molar-refractivity contribution is 7.99. The zero-order valence-corrected chi connectivity index (χ0v) is 14.3. The molecule has 0 aliphatic heterocycles. The van der Waals surface area contributed by atoms with Crippen molar-refractivity contribution in [3.63, 3.8) is 0 Å². The van der Waals surface area contributed by atoms with Gasteiger partial charge in [-0.3, -0.25) is 4.79 Å². The van der Waals surface area contributed by atoms with Crippen LogP contribution in [0.5, 0.6) is 0 Å². The van der Waals surface area contributed by atoms with Gasteiger partial charge in [0.05, 0.1) is 11.8 Å². The highest BCUT2D eigenvalue weighted by Crippen LogP contribution is 2.37. The molecule has 0 radical (unpaired) electrons. The number of furan rings is 1. The van der Waals surface area contributed by atoms with E-state index >= 15 is 0 Å². The fourth-order valence-corrected chi connectivity index (χ4v) is 3.58. The number of fused-ring (bicyclic) bond motifs is 1. The molecule has 5 nitrogen and oxygen atoms in total. The molecule has 0 saturated heterocycles. The van der Waals surface area contributed by atoms with Crippen molar-refractivity contribution < 1.29 is 9.21 Å². The molecule has 1 unspecified atom stereocenters. The van der Waals surface area contributed by atoms with Crippen LogP contribution in [0, 0.1) is 0 Å². The summed E-state index contributed by atoms with van der Waals surface area (Å²) in [4.78, 5) is 16.6. The van der Waals surface area contributed by atoms with E-state index in [4.69, 9.17) is 4.42 Å². The van der Waals surface area contributed by atoms with Crippen molar-refractivity contribution in [1.82, 2.24) is 14.9 Å². The topological polar surface area (TPSA) is 60.1 Å². The summed E-state index contributed by atoms with van der Waals surface area (Å²) in [6.45, 7) is 1.94. The zero-order valence-electron chi connectivity index (χ0n) is 13.4. The van der Waals surface area contributed by atoms with E-state index in [2.05, 4.69) is 14.9 Å². The van der Waals surface area contributed by atoms with Gasteiger partial charge >= 0.3 is 0 Å². The fraction of sp³-hybridized carbons (Fsp3) is 0.333. The Labute approximate surface area is 144 Å². The Bertz CT molecular complexity index is 833. The number of carbonyl (C=O) groups excluding carboxylic acids is 1. The van der Waals surface area contributed by atoms with Crippen molar-refractivity contribution in [3.8, 4) is 0 Å². The molecular formula is C18H19N3O2S. The summed E-state index contributed by atoms with van der Waals surface area (Å²) in [5.41, 5.74) is 0.842. The van der Waals surface area contributed by atoms with Crippen molar-refractivity contribution in [3.05, 3.63) is 48.5 Å². The minimum absolute atomic E-state index is 0.0155. The van der Waals surface area contributed by atoms with E-state index in [0.29, 0.717) is 11.8 Å². The average Bonchev–Trinajstić information content (AvgIpc) is 3.16. The number of benzene rings is 1. The first-order valence-electron chi connectivity index (χ1n) is 8.14. The van der Waals surface area contributed by atoms with Crippen molar-refractivity contribution in [2.24, 2.45) is 0 Å². The van der Waals surface area contributed by atoms with Crippen LogP contribution < -0.4 is 5.32 Å². The number of carbonyl (C=O) groups is 1.